The Balaban J connectivity index is 1.40. The second-order valence-corrected chi connectivity index (χ2v) is 8.54. The fourth-order valence-electron chi connectivity index (χ4n) is 3.52. The molecule has 0 aliphatic heterocycles. The number of methoxy groups -OCH3 is 2. The normalized spacial score (nSPS) is 10.6. The highest BCUT2D eigenvalue weighted by atomic mass is 35.5. The van der Waals surface area contributed by atoms with Crippen LogP contribution in [0.1, 0.15) is 15.9 Å². The Hall–Kier alpha value is -4.01. The summed E-state index contributed by atoms with van der Waals surface area (Å²) in [6.07, 6.45) is 1.69. The Morgan fingerprint density at radius 2 is 1.61 bits per heavy atom. The van der Waals surface area contributed by atoms with Gasteiger partial charge < -0.3 is 14.8 Å². The highest BCUT2D eigenvalue weighted by Crippen LogP contribution is 2.35. The zero-order valence-electron chi connectivity index (χ0n) is 19.4. The average molecular weight is 525 g/mol. The number of halogens is 2. The van der Waals surface area contributed by atoms with Crippen LogP contribution in [0, 0.1) is 0 Å². The fraction of sp³-hybridized carbons (Fsp3) is 0.115. The standard InChI is InChI=1S/C26H22Cl2N4O4/c1-35-23-13-19-21(9-10-29-22(19)14-24(23)36-2)30-18-7-4-15(5-8-18)26(34)32-31-25(33)11-16-3-6-17(27)12-20(16)28/h3-10,12-14H,11H2,1-2H3,(H,29,30)(H,31,33)(H,32,34). The molecule has 184 valence electrons. The minimum Gasteiger partial charge on any atom is -0.493 e. The number of nitrogens with one attached hydrogen (secondary N) is 3. The zero-order chi connectivity index (χ0) is 25.7. The lowest BCUT2D eigenvalue weighted by Crippen LogP contribution is -2.42. The molecule has 2 amide bonds. The molecule has 0 spiro atoms. The zero-order valence-corrected chi connectivity index (χ0v) is 20.9. The number of rotatable bonds is 7. The van der Waals surface area contributed by atoms with Crippen molar-refractivity contribution < 1.29 is 19.1 Å². The Kier molecular flexibility index (Phi) is 7.77. The molecule has 0 unspecified atom stereocenters. The van der Waals surface area contributed by atoms with Crippen molar-refractivity contribution in [1.82, 2.24) is 15.8 Å². The summed E-state index contributed by atoms with van der Waals surface area (Å²) in [5, 5.41) is 5.04. The Morgan fingerprint density at radius 3 is 2.31 bits per heavy atom. The van der Waals surface area contributed by atoms with E-state index in [-0.39, 0.29) is 6.42 Å². The first-order chi connectivity index (χ1) is 17.4. The van der Waals surface area contributed by atoms with Crippen molar-refractivity contribution in [3.05, 3.63) is 88.0 Å². The van der Waals surface area contributed by atoms with Gasteiger partial charge in [-0.2, -0.15) is 0 Å². The Bertz CT molecular complexity index is 1430. The molecule has 0 fully saturated rings. The van der Waals surface area contributed by atoms with Crippen LogP contribution in [0.15, 0.2) is 66.9 Å². The van der Waals surface area contributed by atoms with Crippen molar-refractivity contribution in [3.63, 3.8) is 0 Å². The average Bonchev–Trinajstić information content (AvgIpc) is 2.88. The molecule has 0 atom stereocenters. The quantitative estimate of drug-likeness (QED) is 0.283. The first-order valence-electron chi connectivity index (χ1n) is 10.8. The lowest BCUT2D eigenvalue weighted by molar-refractivity contribution is -0.121. The van der Waals surface area contributed by atoms with Gasteiger partial charge in [-0.3, -0.25) is 25.4 Å². The topological polar surface area (TPSA) is 102 Å². The number of aromatic nitrogens is 1. The van der Waals surface area contributed by atoms with E-state index in [1.165, 1.54) is 0 Å². The van der Waals surface area contributed by atoms with Crippen molar-refractivity contribution >= 4 is 57.3 Å². The van der Waals surface area contributed by atoms with Gasteiger partial charge in [0.15, 0.2) is 11.5 Å². The van der Waals surface area contributed by atoms with Crippen molar-refractivity contribution in [3.8, 4) is 11.5 Å². The minimum atomic E-state index is -0.455. The molecule has 1 heterocycles. The molecule has 4 rings (SSSR count). The van der Waals surface area contributed by atoms with Gasteiger partial charge in [0.25, 0.3) is 5.91 Å². The predicted molar refractivity (Wildman–Crippen MR) is 140 cm³/mol. The summed E-state index contributed by atoms with van der Waals surface area (Å²) < 4.78 is 10.8. The van der Waals surface area contributed by atoms with Gasteiger partial charge in [0, 0.05) is 44.6 Å². The molecule has 4 aromatic rings. The highest BCUT2D eigenvalue weighted by molar-refractivity contribution is 6.35. The van der Waals surface area contributed by atoms with E-state index >= 15 is 0 Å². The molecular weight excluding hydrogens is 503 g/mol. The summed E-state index contributed by atoms with van der Waals surface area (Å²) in [7, 11) is 3.15. The van der Waals surface area contributed by atoms with Gasteiger partial charge in [0.1, 0.15) is 0 Å². The van der Waals surface area contributed by atoms with Crippen molar-refractivity contribution in [2.75, 3.05) is 19.5 Å². The monoisotopic (exact) mass is 524 g/mol. The molecule has 0 saturated carbocycles. The van der Waals surface area contributed by atoms with Crippen molar-refractivity contribution in [1.29, 1.82) is 0 Å². The molecule has 0 radical (unpaired) electrons. The van der Waals surface area contributed by atoms with E-state index in [9.17, 15) is 9.59 Å². The SMILES string of the molecule is COc1cc2nccc(Nc3ccc(C(=O)NNC(=O)Cc4ccc(Cl)cc4Cl)cc3)c2cc1OC. The van der Waals surface area contributed by atoms with Gasteiger partial charge >= 0.3 is 0 Å². The number of ether oxygens (including phenoxy) is 2. The number of carbonyl (C=O) groups excluding carboxylic acids is 2. The molecule has 10 heteroatoms. The van der Waals surface area contributed by atoms with Crippen LogP contribution in [-0.4, -0.2) is 31.0 Å². The summed E-state index contributed by atoms with van der Waals surface area (Å²) in [5.74, 6) is 0.313. The third-order valence-electron chi connectivity index (χ3n) is 5.35. The number of pyridine rings is 1. The highest BCUT2D eigenvalue weighted by Gasteiger charge is 2.12. The minimum absolute atomic E-state index is 0.00428. The second kappa shape index (κ2) is 11.2. The molecule has 0 bridgehead atoms. The van der Waals surface area contributed by atoms with Crippen LogP contribution in [0.3, 0.4) is 0 Å². The second-order valence-electron chi connectivity index (χ2n) is 7.70. The molecule has 0 saturated heterocycles. The van der Waals surface area contributed by atoms with Gasteiger partial charge in [-0.25, -0.2) is 0 Å². The van der Waals surface area contributed by atoms with Crippen molar-refractivity contribution in [2.24, 2.45) is 0 Å². The van der Waals surface area contributed by atoms with Gasteiger partial charge in [-0.1, -0.05) is 29.3 Å². The maximum atomic E-state index is 12.5. The number of fused-ring (bicyclic) bond motifs is 1. The molecule has 3 N–H and O–H groups in total. The van der Waals surface area contributed by atoms with E-state index in [1.807, 2.05) is 18.2 Å². The van der Waals surface area contributed by atoms with Crippen LogP contribution in [0.5, 0.6) is 11.5 Å². The summed E-state index contributed by atoms with van der Waals surface area (Å²) >= 11 is 12.0. The predicted octanol–water partition coefficient (Wildman–Crippen LogP) is 5.31. The van der Waals surface area contributed by atoms with Crippen LogP contribution in [0.2, 0.25) is 10.0 Å². The maximum absolute atomic E-state index is 12.5. The number of anilines is 2. The maximum Gasteiger partial charge on any atom is 0.269 e. The van der Waals surface area contributed by atoms with E-state index in [2.05, 4.69) is 21.2 Å². The van der Waals surface area contributed by atoms with Gasteiger partial charge in [-0.05, 0) is 54.1 Å². The van der Waals surface area contributed by atoms with E-state index in [0.29, 0.717) is 32.7 Å². The molecular formula is C26H22Cl2N4O4. The van der Waals surface area contributed by atoms with Crippen LogP contribution >= 0.6 is 23.2 Å². The molecule has 36 heavy (non-hydrogen) atoms. The number of hydrogen-bond acceptors (Lipinski definition) is 6. The number of nitrogens with zero attached hydrogens (tertiary/aromatic N) is 1. The number of hydrazine groups is 1. The third kappa shape index (κ3) is 5.79. The summed E-state index contributed by atoms with van der Waals surface area (Å²) in [6.45, 7) is 0. The summed E-state index contributed by atoms with van der Waals surface area (Å²) in [4.78, 5) is 29.0. The van der Waals surface area contributed by atoms with E-state index < -0.39 is 11.8 Å². The number of hydrogen-bond donors (Lipinski definition) is 3. The molecule has 0 aliphatic carbocycles. The van der Waals surface area contributed by atoms with Crippen molar-refractivity contribution in [2.45, 2.75) is 6.42 Å². The smallest absolute Gasteiger partial charge is 0.269 e. The van der Waals surface area contributed by atoms with Gasteiger partial charge in [0.05, 0.1) is 26.2 Å². The van der Waals surface area contributed by atoms with Gasteiger partial charge in [-0.15, -0.1) is 0 Å². The number of carbonyl (C=O) groups is 2. The van der Waals surface area contributed by atoms with Crippen LogP contribution in [0.25, 0.3) is 10.9 Å². The van der Waals surface area contributed by atoms with E-state index in [4.69, 9.17) is 32.7 Å². The van der Waals surface area contributed by atoms with Crippen LogP contribution in [-0.2, 0) is 11.2 Å². The van der Waals surface area contributed by atoms with Gasteiger partial charge in [0.2, 0.25) is 5.91 Å². The largest absolute Gasteiger partial charge is 0.493 e. The lowest BCUT2D eigenvalue weighted by atomic mass is 10.1. The third-order valence-corrected chi connectivity index (χ3v) is 5.94. The molecule has 8 nitrogen and oxygen atoms in total. The van der Waals surface area contributed by atoms with E-state index in [0.717, 1.165) is 22.3 Å². The first kappa shape index (κ1) is 25.1. The van der Waals surface area contributed by atoms with E-state index in [1.54, 1.807) is 62.9 Å². The summed E-state index contributed by atoms with van der Waals surface area (Å²) in [6, 6.07) is 17.2. The summed E-state index contributed by atoms with van der Waals surface area (Å²) in [5.41, 5.74) is 8.08. The lowest BCUT2D eigenvalue weighted by Gasteiger charge is -2.13. The van der Waals surface area contributed by atoms with Crippen LogP contribution in [0.4, 0.5) is 11.4 Å². The molecule has 0 aliphatic rings. The number of benzene rings is 3. The Labute approximate surface area is 217 Å². The van der Waals surface area contributed by atoms with Crippen LogP contribution < -0.4 is 25.6 Å². The molecule has 1 aromatic heterocycles. The first-order valence-corrected chi connectivity index (χ1v) is 11.5. The number of amides is 2. The Morgan fingerprint density at radius 1 is 0.889 bits per heavy atom. The molecule has 3 aromatic carbocycles. The fourth-order valence-corrected chi connectivity index (χ4v) is 4.00.